The van der Waals surface area contributed by atoms with Gasteiger partial charge in [0.1, 0.15) is 0 Å². The third-order valence-corrected chi connectivity index (χ3v) is 3.08. The highest BCUT2D eigenvalue weighted by molar-refractivity contribution is 6.01. The molecule has 0 aromatic rings. The smallest absolute Gasteiger partial charge is 0.229 e. The molecule has 7 nitrogen and oxygen atoms in total. The van der Waals surface area contributed by atoms with Gasteiger partial charge in [0.05, 0.1) is 19.8 Å². The van der Waals surface area contributed by atoms with Crippen LogP contribution in [0.15, 0.2) is 0 Å². The fourth-order valence-electron chi connectivity index (χ4n) is 1.97. The van der Waals surface area contributed by atoms with Crippen LogP contribution in [-0.2, 0) is 28.5 Å². The topological polar surface area (TPSA) is 74.3 Å². The van der Waals surface area contributed by atoms with E-state index in [1.165, 1.54) is 4.90 Å². The van der Waals surface area contributed by atoms with Gasteiger partial charge in [-0.1, -0.05) is 0 Å². The Labute approximate surface area is 125 Å². The first-order chi connectivity index (χ1) is 10.2. The van der Waals surface area contributed by atoms with E-state index in [1.807, 2.05) is 0 Å². The monoisotopic (exact) mass is 303 g/mol. The summed E-state index contributed by atoms with van der Waals surface area (Å²) in [6, 6.07) is 0. The second-order valence-electron chi connectivity index (χ2n) is 4.76. The zero-order valence-electron chi connectivity index (χ0n) is 12.8. The lowest BCUT2D eigenvalue weighted by Crippen LogP contribution is -2.39. The lowest BCUT2D eigenvalue weighted by molar-refractivity contribution is -0.167. The van der Waals surface area contributed by atoms with Crippen molar-refractivity contribution < 1.29 is 28.5 Å². The van der Waals surface area contributed by atoms with Crippen LogP contribution in [0.5, 0.6) is 0 Å². The molecule has 1 aliphatic heterocycles. The zero-order valence-corrected chi connectivity index (χ0v) is 12.8. The van der Waals surface area contributed by atoms with Crippen molar-refractivity contribution >= 4 is 11.8 Å². The average Bonchev–Trinajstić information content (AvgIpc) is 2.79. The maximum atomic E-state index is 11.6. The van der Waals surface area contributed by atoms with Gasteiger partial charge in [-0.05, 0) is 12.8 Å². The molecule has 1 rings (SSSR count). The molecule has 0 radical (unpaired) electrons. The molecular weight excluding hydrogens is 278 g/mol. The second kappa shape index (κ2) is 10.7. The minimum absolute atomic E-state index is 0.150. The highest BCUT2D eigenvalue weighted by atomic mass is 16.7. The van der Waals surface area contributed by atoms with Gasteiger partial charge in [-0.3, -0.25) is 14.5 Å². The van der Waals surface area contributed by atoms with Gasteiger partial charge >= 0.3 is 0 Å². The van der Waals surface area contributed by atoms with Crippen molar-refractivity contribution in [2.24, 2.45) is 0 Å². The molecule has 0 bridgehead atoms. The van der Waals surface area contributed by atoms with E-state index >= 15 is 0 Å². The van der Waals surface area contributed by atoms with Crippen LogP contribution in [0.3, 0.4) is 0 Å². The third-order valence-electron chi connectivity index (χ3n) is 3.08. The van der Waals surface area contributed by atoms with E-state index in [9.17, 15) is 9.59 Å². The molecule has 21 heavy (non-hydrogen) atoms. The molecule has 7 heteroatoms. The summed E-state index contributed by atoms with van der Waals surface area (Å²) < 4.78 is 21.1. The van der Waals surface area contributed by atoms with Crippen LogP contribution < -0.4 is 0 Å². The van der Waals surface area contributed by atoms with Gasteiger partial charge in [0, 0.05) is 40.3 Å². The highest BCUT2D eigenvalue weighted by Gasteiger charge is 2.31. The van der Waals surface area contributed by atoms with Gasteiger partial charge in [0.25, 0.3) is 0 Å². The van der Waals surface area contributed by atoms with E-state index in [0.29, 0.717) is 26.4 Å². The Morgan fingerprint density at radius 2 is 1.38 bits per heavy atom. The molecule has 0 spiro atoms. The Balaban J connectivity index is 2.38. The Hall–Kier alpha value is -1.02. The second-order valence-corrected chi connectivity index (χ2v) is 4.76. The summed E-state index contributed by atoms with van der Waals surface area (Å²) in [5.41, 5.74) is 0. The molecule has 0 aromatic heterocycles. The van der Waals surface area contributed by atoms with Crippen molar-refractivity contribution in [3.05, 3.63) is 0 Å². The number of methoxy groups -OCH3 is 2. The Kier molecular flexibility index (Phi) is 9.16. The molecule has 0 atom stereocenters. The summed E-state index contributed by atoms with van der Waals surface area (Å²) >= 11 is 0. The molecule has 1 saturated heterocycles. The fraction of sp³-hybridized carbons (Fsp3) is 0.857. The number of amides is 2. The standard InChI is InChI=1S/C14H25NO6/c1-18-7-3-9-20-14(21-10-4-8-19-2)11-15-12(16)5-6-13(15)17/h14H,3-11H2,1-2H3. The largest absolute Gasteiger partial charge is 0.385 e. The number of hydrogen-bond acceptors (Lipinski definition) is 6. The first-order valence-electron chi connectivity index (χ1n) is 7.23. The molecule has 0 N–H and O–H groups in total. The van der Waals surface area contributed by atoms with Crippen LogP contribution in [0.1, 0.15) is 25.7 Å². The SMILES string of the molecule is COCCCOC(CN1C(=O)CCC1=O)OCCCOC. The summed E-state index contributed by atoms with van der Waals surface area (Å²) in [6.45, 7) is 2.26. The Morgan fingerprint density at radius 3 is 1.81 bits per heavy atom. The molecule has 2 amide bonds. The lowest BCUT2D eigenvalue weighted by Gasteiger charge is -2.23. The summed E-state index contributed by atoms with van der Waals surface area (Å²) in [4.78, 5) is 24.5. The van der Waals surface area contributed by atoms with Crippen LogP contribution >= 0.6 is 0 Å². The van der Waals surface area contributed by atoms with Crippen LogP contribution in [-0.4, -0.2) is 70.2 Å². The van der Waals surface area contributed by atoms with Crippen molar-refractivity contribution in [2.45, 2.75) is 32.0 Å². The van der Waals surface area contributed by atoms with Gasteiger partial charge < -0.3 is 18.9 Å². The number of rotatable bonds is 12. The van der Waals surface area contributed by atoms with Gasteiger partial charge in [-0.2, -0.15) is 0 Å². The number of carbonyl (C=O) groups is 2. The molecule has 0 saturated carbocycles. The fourth-order valence-corrected chi connectivity index (χ4v) is 1.97. The molecule has 0 aliphatic carbocycles. The zero-order chi connectivity index (χ0) is 15.5. The van der Waals surface area contributed by atoms with Crippen LogP contribution in [0, 0.1) is 0 Å². The molecule has 1 fully saturated rings. The normalized spacial score (nSPS) is 15.5. The summed E-state index contributed by atoms with van der Waals surface area (Å²) in [7, 11) is 3.25. The van der Waals surface area contributed by atoms with Crippen molar-refractivity contribution in [3.8, 4) is 0 Å². The summed E-state index contributed by atoms with van der Waals surface area (Å²) in [6.07, 6.45) is 1.43. The van der Waals surface area contributed by atoms with E-state index in [-0.39, 0.29) is 31.2 Å². The summed E-state index contributed by atoms with van der Waals surface area (Å²) in [5.74, 6) is -0.322. The van der Waals surface area contributed by atoms with Gasteiger partial charge in [0.2, 0.25) is 11.8 Å². The number of likely N-dealkylation sites (tertiary alicyclic amines) is 1. The number of nitrogens with zero attached hydrogens (tertiary/aromatic N) is 1. The number of imide groups is 1. The number of hydrogen-bond donors (Lipinski definition) is 0. The van der Waals surface area contributed by atoms with E-state index < -0.39 is 6.29 Å². The molecule has 1 heterocycles. The lowest BCUT2D eigenvalue weighted by atomic mass is 10.4. The number of ether oxygens (including phenoxy) is 4. The van der Waals surface area contributed by atoms with Gasteiger partial charge in [-0.15, -0.1) is 0 Å². The van der Waals surface area contributed by atoms with Crippen molar-refractivity contribution in [1.82, 2.24) is 4.90 Å². The molecule has 0 unspecified atom stereocenters. The van der Waals surface area contributed by atoms with Gasteiger partial charge in [-0.25, -0.2) is 0 Å². The van der Waals surface area contributed by atoms with Crippen LogP contribution in [0.2, 0.25) is 0 Å². The maximum absolute atomic E-state index is 11.6. The van der Waals surface area contributed by atoms with E-state index in [0.717, 1.165) is 12.8 Å². The van der Waals surface area contributed by atoms with Crippen LogP contribution in [0.25, 0.3) is 0 Å². The minimum atomic E-state index is -0.593. The van der Waals surface area contributed by atoms with Crippen LogP contribution in [0.4, 0.5) is 0 Å². The summed E-state index contributed by atoms with van der Waals surface area (Å²) in [5, 5.41) is 0. The average molecular weight is 303 g/mol. The highest BCUT2D eigenvalue weighted by Crippen LogP contribution is 2.13. The van der Waals surface area contributed by atoms with E-state index in [4.69, 9.17) is 18.9 Å². The Bertz CT molecular complexity index is 295. The molecule has 122 valence electrons. The molecular formula is C14H25NO6. The number of carbonyl (C=O) groups excluding carboxylic acids is 2. The quantitative estimate of drug-likeness (QED) is 0.298. The third kappa shape index (κ3) is 6.99. The van der Waals surface area contributed by atoms with E-state index in [1.54, 1.807) is 14.2 Å². The first kappa shape index (κ1) is 18.0. The van der Waals surface area contributed by atoms with Crippen molar-refractivity contribution in [2.75, 3.05) is 47.2 Å². The van der Waals surface area contributed by atoms with Crippen molar-refractivity contribution in [1.29, 1.82) is 0 Å². The van der Waals surface area contributed by atoms with Crippen molar-refractivity contribution in [3.63, 3.8) is 0 Å². The maximum Gasteiger partial charge on any atom is 0.229 e. The first-order valence-corrected chi connectivity index (χ1v) is 7.23. The Morgan fingerprint density at radius 1 is 0.905 bits per heavy atom. The molecule has 1 aliphatic rings. The molecule has 0 aromatic carbocycles. The minimum Gasteiger partial charge on any atom is -0.385 e. The van der Waals surface area contributed by atoms with Gasteiger partial charge in [0.15, 0.2) is 6.29 Å². The predicted molar refractivity (Wildman–Crippen MR) is 74.6 cm³/mol. The predicted octanol–water partition coefficient (Wildman–Crippen LogP) is 0.568. The van der Waals surface area contributed by atoms with E-state index in [2.05, 4.69) is 0 Å².